The molecular weight excluding hydrogens is 304 g/mol. The number of nitrogen functional groups attached to an aromatic ring is 1. The lowest BCUT2D eigenvalue weighted by Crippen LogP contribution is -2.58. The Hall–Kier alpha value is -2.32. The SMILES string of the molecule is C=CN=c1c(N)ncnn1[C@]1(C#N)O[C@H](COC)[C@@H](O)[C@@]1(C)O. The highest BCUT2D eigenvalue weighted by molar-refractivity contribution is 5.25. The second-order valence-corrected chi connectivity index (χ2v) is 5.15. The summed E-state index contributed by atoms with van der Waals surface area (Å²) in [6.45, 7) is 4.69. The smallest absolute Gasteiger partial charge is 0.283 e. The molecule has 0 amide bonds. The summed E-state index contributed by atoms with van der Waals surface area (Å²) < 4.78 is 11.6. The number of hydrogen-bond acceptors (Lipinski definition) is 9. The summed E-state index contributed by atoms with van der Waals surface area (Å²) in [5, 5.41) is 34.7. The number of nitrogens with zero attached hydrogens (tertiary/aromatic N) is 5. The number of ether oxygens (including phenoxy) is 2. The van der Waals surface area contributed by atoms with E-state index in [-0.39, 0.29) is 17.9 Å². The third kappa shape index (κ3) is 2.40. The maximum Gasteiger partial charge on any atom is 0.283 e. The Bertz CT molecular complexity index is 709. The first-order valence-corrected chi connectivity index (χ1v) is 6.69. The van der Waals surface area contributed by atoms with Gasteiger partial charge in [-0.2, -0.15) is 15.0 Å². The van der Waals surface area contributed by atoms with Gasteiger partial charge in [0, 0.05) is 13.3 Å². The van der Waals surface area contributed by atoms with Gasteiger partial charge < -0.3 is 25.4 Å². The predicted octanol–water partition coefficient (Wildman–Crippen LogP) is -1.76. The van der Waals surface area contributed by atoms with Crippen LogP contribution < -0.4 is 11.2 Å². The summed E-state index contributed by atoms with van der Waals surface area (Å²) in [7, 11) is 1.41. The molecule has 0 unspecified atom stereocenters. The van der Waals surface area contributed by atoms with Crippen molar-refractivity contribution in [1.29, 1.82) is 5.26 Å². The monoisotopic (exact) mass is 322 g/mol. The molecule has 0 saturated carbocycles. The van der Waals surface area contributed by atoms with Gasteiger partial charge in [-0.05, 0) is 6.92 Å². The molecule has 10 heteroatoms. The highest BCUT2D eigenvalue weighted by Gasteiger charge is 2.65. The van der Waals surface area contributed by atoms with E-state index in [2.05, 4.69) is 21.7 Å². The van der Waals surface area contributed by atoms with Crippen LogP contribution in [0.5, 0.6) is 0 Å². The Kier molecular flexibility index (Phi) is 4.49. The van der Waals surface area contributed by atoms with Crippen molar-refractivity contribution in [3.63, 3.8) is 0 Å². The van der Waals surface area contributed by atoms with Crippen molar-refractivity contribution < 1.29 is 19.7 Å². The molecular formula is C13H18N6O4. The molecule has 23 heavy (non-hydrogen) atoms. The second-order valence-electron chi connectivity index (χ2n) is 5.15. The van der Waals surface area contributed by atoms with Crippen molar-refractivity contribution in [2.24, 2.45) is 4.99 Å². The number of rotatable bonds is 4. The maximum absolute atomic E-state index is 10.8. The minimum atomic E-state index is -2.07. The van der Waals surface area contributed by atoms with Crippen molar-refractivity contribution >= 4 is 5.82 Å². The first-order chi connectivity index (χ1) is 10.9. The zero-order valence-corrected chi connectivity index (χ0v) is 12.7. The Morgan fingerprint density at radius 2 is 2.43 bits per heavy atom. The third-order valence-corrected chi connectivity index (χ3v) is 3.72. The molecule has 2 rings (SSSR count). The van der Waals surface area contributed by atoms with Crippen LogP contribution >= 0.6 is 0 Å². The molecule has 1 aromatic heterocycles. The highest BCUT2D eigenvalue weighted by atomic mass is 16.6. The van der Waals surface area contributed by atoms with E-state index in [1.54, 1.807) is 0 Å². The van der Waals surface area contributed by atoms with E-state index in [1.807, 2.05) is 6.07 Å². The number of anilines is 1. The van der Waals surface area contributed by atoms with E-state index in [9.17, 15) is 15.5 Å². The summed E-state index contributed by atoms with van der Waals surface area (Å²) in [4.78, 5) is 7.71. The first-order valence-electron chi connectivity index (χ1n) is 6.69. The quantitative estimate of drug-likeness (QED) is 0.589. The molecule has 1 saturated heterocycles. The summed E-state index contributed by atoms with van der Waals surface area (Å²) in [5.74, 6) is -0.0430. The van der Waals surface area contributed by atoms with Crippen molar-refractivity contribution in [2.45, 2.75) is 30.5 Å². The average molecular weight is 322 g/mol. The van der Waals surface area contributed by atoms with Crippen molar-refractivity contribution in [3.8, 4) is 6.07 Å². The molecule has 1 aromatic rings. The number of aromatic nitrogens is 3. The van der Waals surface area contributed by atoms with Crippen molar-refractivity contribution in [3.05, 3.63) is 24.6 Å². The number of nitrogens with two attached hydrogens (primary N) is 1. The van der Waals surface area contributed by atoms with Gasteiger partial charge in [-0.3, -0.25) is 0 Å². The molecule has 1 aliphatic heterocycles. The number of methoxy groups -OCH3 is 1. The van der Waals surface area contributed by atoms with E-state index in [0.29, 0.717) is 0 Å². The molecule has 124 valence electrons. The minimum absolute atomic E-state index is 0.0319. The third-order valence-electron chi connectivity index (χ3n) is 3.72. The van der Waals surface area contributed by atoms with Crippen LogP contribution in [0.25, 0.3) is 0 Å². The molecule has 0 aliphatic carbocycles. The normalized spacial score (nSPS) is 34.3. The van der Waals surface area contributed by atoms with Crippen LogP contribution in [0.15, 0.2) is 24.1 Å². The summed E-state index contributed by atoms with van der Waals surface area (Å²) >= 11 is 0. The van der Waals surface area contributed by atoms with E-state index >= 15 is 0 Å². The van der Waals surface area contributed by atoms with Crippen molar-refractivity contribution in [2.75, 3.05) is 19.5 Å². The van der Waals surface area contributed by atoms with Gasteiger partial charge in [-0.25, -0.2) is 9.98 Å². The molecule has 2 heterocycles. The van der Waals surface area contributed by atoms with Gasteiger partial charge in [0.25, 0.3) is 5.72 Å². The van der Waals surface area contributed by atoms with Crippen LogP contribution in [0, 0.1) is 11.3 Å². The van der Waals surface area contributed by atoms with E-state index in [0.717, 1.165) is 11.0 Å². The van der Waals surface area contributed by atoms with E-state index < -0.39 is 23.5 Å². The molecule has 4 N–H and O–H groups in total. The summed E-state index contributed by atoms with van der Waals surface area (Å²) in [6, 6.07) is 1.86. The number of aliphatic hydroxyl groups is 2. The Labute approximate surface area is 132 Å². The molecule has 0 bridgehead atoms. The molecule has 1 fully saturated rings. The highest BCUT2D eigenvalue weighted by Crippen LogP contribution is 2.42. The maximum atomic E-state index is 10.8. The predicted molar refractivity (Wildman–Crippen MR) is 77.2 cm³/mol. The topological polar surface area (TPSA) is 152 Å². The number of aliphatic hydroxyl groups excluding tert-OH is 1. The fraction of sp³-hybridized carbons (Fsp3) is 0.538. The van der Waals surface area contributed by atoms with Crippen LogP contribution in [-0.4, -0.2) is 56.5 Å². The Morgan fingerprint density at radius 3 is 3.00 bits per heavy atom. The lowest BCUT2D eigenvalue weighted by Gasteiger charge is -2.34. The van der Waals surface area contributed by atoms with E-state index in [1.165, 1.54) is 20.2 Å². The summed E-state index contributed by atoms with van der Waals surface area (Å²) in [5.41, 5.74) is 1.64. The van der Waals surface area contributed by atoms with Gasteiger partial charge >= 0.3 is 0 Å². The second kappa shape index (κ2) is 6.05. The lowest BCUT2D eigenvalue weighted by molar-refractivity contribution is -0.159. The van der Waals surface area contributed by atoms with Crippen LogP contribution in [0.1, 0.15) is 6.92 Å². The zero-order chi connectivity index (χ0) is 17.3. The Balaban J connectivity index is 2.73. The molecule has 0 aromatic carbocycles. The first kappa shape index (κ1) is 17.0. The number of hydrogen-bond donors (Lipinski definition) is 3. The standard InChI is InChI=1S/C13H18N6O4/c1-4-16-11-10(15)17-7-18-19(11)13(6-14)12(2,21)9(20)8(23-13)5-22-3/h4,7-9,20-21H,1,5H2,2-3H3,(H2,15,17,18)/t8-,9-,12-,13-/m1/s1. The van der Waals surface area contributed by atoms with Gasteiger partial charge in [0.2, 0.25) is 0 Å². The molecule has 4 atom stereocenters. The van der Waals surface area contributed by atoms with Crippen LogP contribution in [0.2, 0.25) is 0 Å². The van der Waals surface area contributed by atoms with E-state index in [4.69, 9.17) is 15.2 Å². The molecule has 10 nitrogen and oxygen atoms in total. The number of nitriles is 1. The fourth-order valence-corrected chi connectivity index (χ4v) is 2.50. The minimum Gasteiger partial charge on any atom is -0.387 e. The van der Waals surface area contributed by atoms with Crippen LogP contribution in [0.4, 0.5) is 5.82 Å². The fourth-order valence-electron chi connectivity index (χ4n) is 2.50. The summed E-state index contributed by atoms with van der Waals surface area (Å²) in [6.07, 6.45) is -0.0766. The lowest BCUT2D eigenvalue weighted by atomic mass is 9.88. The van der Waals surface area contributed by atoms with Gasteiger partial charge in [0.15, 0.2) is 16.9 Å². The average Bonchev–Trinajstić information content (AvgIpc) is 2.71. The van der Waals surface area contributed by atoms with Gasteiger partial charge in [-0.15, -0.1) is 0 Å². The van der Waals surface area contributed by atoms with Gasteiger partial charge in [-0.1, -0.05) is 6.58 Å². The largest absolute Gasteiger partial charge is 0.387 e. The van der Waals surface area contributed by atoms with Crippen LogP contribution in [0.3, 0.4) is 0 Å². The van der Waals surface area contributed by atoms with Crippen LogP contribution in [-0.2, 0) is 15.2 Å². The zero-order valence-electron chi connectivity index (χ0n) is 12.7. The molecule has 1 aliphatic rings. The van der Waals surface area contributed by atoms with Gasteiger partial charge in [0.05, 0.1) is 6.61 Å². The molecule has 0 spiro atoms. The van der Waals surface area contributed by atoms with Crippen molar-refractivity contribution in [1.82, 2.24) is 14.8 Å². The molecule has 0 radical (unpaired) electrons. The van der Waals surface area contributed by atoms with Gasteiger partial charge in [0.1, 0.15) is 24.6 Å². The Morgan fingerprint density at radius 1 is 1.74 bits per heavy atom.